The van der Waals surface area contributed by atoms with Gasteiger partial charge in [-0.1, -0.05) is 23.7 Å². The van der Waals surface area contributed by atoms with Crippen LogP contribution in [0.3, 0.4) is 0 Å². The molecule has 32 heavy (non-hydrogen) atoms. The first-order chi connectivity index (χ1) is 15.5. The lowest BCUT2D eigenvalue weighted by atomic mass is 9.95. The Morgan fingerprint density at radius 1 is 1.22 bits per heavy atom. The molecule has 0 atom stereocenters. The number of aromatic amines is 1. The van der Waals surface area contributed by atoms with E-state index < -0.39 is 11.8 Å². The van der Waals surface area contributed by atoms with Gasteiger partial charge in [-0.25, -0.2) is 18.6 Å². The number of benzene rings is 2. The Morgan fingerprint density at radius 2 is 2.06 bits per heavy atom. The molecule has 162 valence electrons. The van der Waals surface area contributed by atoms with E-state index in [1.54, 1.807) is 30.3 Å². The lowest BCUT2D eigenvalue weighted by molar-refractivity contribution is -0.118. The van der Waals surface area contributed by atoms with E-state index in [1.807, 2.05) is 12.1 Å². The minimum absolute atomic E-state index is 0.145. The average molecular weight is 456 g/mol. The number of nitrogens with zero attached hydrogens (tertiary/aromatic N) is 5. The van der Waals surface area contributed by atoms with Crippen LogP contribution in [0.4, 0.5) is 14.5 Å². The average Bonchev–Trinajstić information content (AvgIpc) is 3.18. The maximum atomic E-state index is 13.1. The van der Waals surface area contributed by atoms with Crippen LogP contribution in [0.5, 0.6) is 0 Å². The number of aromatic nitrogens is 6. The fourth-order valence-corrected chi connectivity index (χ4v) is 3.86. The number of H-pyrrole nitrogens is 1. The van der Waals surface area contributed by atoms with Crippen molar-refractivity contribution in [2.24, 2.45) is 0 Å². The molecule has 0 radical (unpaired) electrons. The smallest absolute Gasteiger partial charge is 0.266 e. The van der Waals surface area contributed by atoms with Gasteiger partial charge >= 0.3 is 0 Å². The highest BCUT2D eigenvalue weighted by Gasteiger charge is 2.51. The second-order valence-corrected chi connectivity index (χ2v) is 7.98. The SMILES string of the molecule is O=C(Nc1ccc(-n2cc(C(F)F)cn2)c(-c2nnn[nH]2)c1)C1(c2cccc(Cl)c2)CC1. The molecule has 0 spiro atoms. The fraction of sp³-hybridized carbons (Fsp3) is 0.190. The van der Waals surface area contributed by atoms with Gasteiger partial charge < -0.3 is 5.32 Å². The topological polar surface area (TPSA) is 101 Å². The molecule has 11 heteroatoms. The summed E-state index contributed by atoms with van der Waals surface area (Å²) in [5, 5.41) is 21.3. The molecule has 0 saturated heterocycles. The molecule has 0 bridgehead atoms. The molecule has 1 fully saturated rings. The van der Waals surface area contributed by atoms with Gasteiger partial charge in [0.05, 0.1) is 22.9 Å². The standard InChI is InChI=1S/C21H16ClF2N7O/c22-14-3-1-2-13(8-14)21(6-7-21)20(32)26-15-4-5-17(16(9-15)19-27-29-30-28-19)31-11-12(10-25-31)18(23)24/h1-5,8-11,18H,6-7H2,(H,26,32)(H,27,28,29,30). The Hall–Kier alpha value is -3.66. The van der Waals surface area contributed by atoms with Crippen molar-refractivity contribution in [2.45, 2.75) is 24.7 Å². The van der Waals surface area contributed by atoms with Gasteiger partial charge in [-0.15, -0.1) is 5.10 Å². The molecule has 1 saturated carbocycles. The van der Waals surface area contributed by atoms with Crippen molar-refractivity contribution in [1.82, 2.24) is 30.4 Å². The zero-order chi connectivity index (χ0) is 22.3. The number of tetrazole rings is 1. The first-order valence-corrected chi connectivity index (χ1v) is 10.1. The van der Waals surface area contributed by atoms with Crippen LogP contribution in [0, 0.1) is 0 Å². The number of alkyl halides is 2. The number of hydrogen-bond donors (Lipinski definition) is 2. The van der Waals surface area contributed by atoms with Crippen LogP contribution in [0.1, 0.15) is 30.4 Å². The Morgan fingerprint density at radius 3 is 2.72 bits per heavy atom. The number of halogens is 3. The third-order valence-electron chi connectivity index (χ3n) is 5.52. The number of nitrogens with one attached hydrogen (secondary N) is 2. The summed E-state index contributed by atoms with van der Waals surface area (Å²) in [5.74, 6) is 0.161. The van der Waals surface area contributed by atoms with Crippen LogP contribution < -0.4 is 5.32 Å². The van der Waals surface area contributed by atoms with Gasteiger partial charge in [-0.05, 0) is 59.2 Å². The van der Waals surface area contributed by atoms with E-state index in [4.69, 9.17) is 11.6 Å². The number of rotatable bonds is 6. The van der Waals surface area contributed by atoms with Crippen molar-refractivity contribution in [2.75, 3.05) is 5.32 Å². The second-order valence-electron chi connectivity index (χ2n) is 7.55. The van der Waals surface area contributed by atoms with Crippen molar-refractivity contribution in [3.05, 3.63) is 71.0 Å². The van der Waals surface area contributed by atoms with Crippen LogP contribution in [-0.2, 0) is 10.2 Å². The van der Waals surface area contributed by atoms with Crippen LogP contribution >= 0.6 is 11.6 Å². The largest absolute Gasteiger partial charge is 0.325 e. The quantitative estimate of drug-likeness (QED) is 0.451. The van der Waals surface area contributed by atoms with Gasteiger partial charge in [0.2, 0.25) is 5.91 Å². The molecule has 0 unspecified atom stereocenters. The van der Waals surface area contributed by atoms with Crippen LogP contribution in [0.15, 0.2) is 54.9 Å². The summed E-state index contributed by atoms with van der Waals surface area (Å²) in [6.45, 7) is 0. The number of carbonyl (C=O) groups excluding carboxylic acids is 1. The predicted octanol–water partition coefficient (Wildman–Crippen LogP) is 4.31. The van der Waals surface area contributed by atoms with Gasteiger partial charge in [0.15, 0.2) is 5.82 Å². The fourth-order valence-electron chi connectivity index (χ4n) is 3.67. The van der Waals surface area contributed by atoms with E-state index in [0.717, 1.165) is 24.6 Å². The van der Waals surface area contributed by atoms with Gasteiger partial charge in [0, 0.05) is 22.5 Å². The Bertz CT molecular complexity index is 1290. The van der Waals surface area contributed by atoms with Gasteiger partial charge in [0.1, 0.15) is 0 Å². The molecule has 2 heterocycles. The first-order valence-electron chi connectivity index (χ1n) is 9.75. The summed E-state index contributed by atoms with van der Waals surface area (Å²) < 4.78 is 27.3. The third-order valence-corrected chi connectivity index (χ3v) is 5.75. The van der Waals surface area contributed by atoms with E-state index in [9.17, 15) is 13.6 Å². The Balaban J connectivity index is 1.48. The van der Waals surface area contributed by atoms with Gasteiger partial charge in [-0.2, -0.15) is 5.10 Å². The van der Waals surface area contributed by atoms with Gasteiger partial charge in [-0.3, -0.25) is 4.79 Å². The highest BCUT2D eigenvalue weighted by Crippen LogP contribution is 2.49. The molecule has 2 N–H and O–H groups in total. The summed E-state index contributed by atoms with van der Waals surface area (Å²) in [4.78, 5) is 13.1. The van der Waals surface area contributed by atoms with Crippen LogP contribution in [-0.4, -0.2) is 36.3 Å². The summed E-state index contributed by atoms with van der Waals surface area (Å²) in [6, 6.07) is 12.3. The second kappa shape index (κ2) is 7.79. The third kappa shape index (κ3) is 3.62. The summed E-state index contributed by atoms with van der Waals surface area (Å²) in [6.07, 6.45) is 1.15. The van der Waals surface area contributed by atoms with E-state index in [1.165, 1.54) is 10.9 Å². The highest BCUT2D eigenvalue weighted by atomic mass is 35.5. The molecule has 0 aliphatic heterocycles. The van der Waals surface area contributed by atoms with E-state index in [-0.39, 0.29) is 11.5 Å². The first kappa shape index (κ1) is 20.3. The molecule has 8 nitrogen and oxygen atoms in total. The van der Waals surface area contributed by atoms with Crippen LogP contribution in [0.2, 0.25) is 5.02 Å². The molecule has 4 aromatic rings. The Kier molecular flexibility index (Phi) is 4.93. The minimum atomic E-state index is -2.64. The molecule has 1 amide bonds. The summed E-state index contributed by atoms with van der Waals surface area (Å²) in [5.41, 5.74) is 1.52. The number of anilines is 1. The normalized spacial score (nSPS) is 14.5. The summed E-state index contributed by atoms with van der Waals surface area (Å²) >= 11 is 6.11. The number of amides is 1. The van der Waals surface area contributed by atoms with E-state index in [2.05, 4.69) is 31.0 Å². The molecule has 1 aliphatic rings. The molecular weight excluding hydrogens is 440 g/mol. The van der Waals surface area contributed by atoms with Gasteiger partial charge in [0.25, 0.3) is 6.43 Å². The minimum Gasteiger partial charge on any atom is -0.325 e. The maximum absolute atomic E-state index is 13.1. The maximum Gasteiger partial charge on any atom is 0.266 e. The Labute approximate surface area is 185 Å². The van der Waals surface area contributed by atoms with E-state index in [0.29, 0.717) is 27.8 Å². The monoisotopic (exact) mass is 455 g/mol. The zero-order valence-corrected chi connectivity index (χ0v) is 17.2. The van der Waals surface area contributed by atoms with Crippen LogP contribution in [0.25, 0.3) is 17.1 Å². The molecular formula is C21H16ClF2N7O. The van der Waals surface area contributed by atoms with E-state index >= 15 is 0 Å². The zero-order valence-electron chi connectivity index (χ0n) is 16.5. The van der Waals surface area contributed by atoms with Crippen molar-refractivity contribution >= 4 is 23.2 Å². The highest BCUT2D eigenvalue weighted by molar-refractivity contribution is 6.30. The van der Waals surface area contributed by atoms with Crippen molar-refractivity contribution in [3.63, 3.8) is 0 Å². The summed E-state index contributed by atoms with van der Waals surface area (Å²) in [7, 11) is 0. The predicted molar refractivity (Wildman–Crippen MR) is 113 cm³/mol. The lowest BCUT2D eigenvalue weighted by Crippen LogP contribution is -2.27. The van der Waals surface area contributed by atoms with Crippen molar-refractivity contribution in [3.8, 4) is 17.1 Å². The number of carbonyl (C=O) groups is 1. The lowest BCUT2D eigenvalue weighted by Gasteiger charge is -2.17. The van der Waals surface area contributed by atoms with Crippen molar-refractivity contribution < 1.29 is 13.6 Å². The molecule has 2 aromatic heterocycles. The molecule has 5 rings (SSSR count). The molecule has 2 aromatic carbocycles. The number of hydrogen-bond acceptors (Lipinski definition) is 5. The van der Waals surface area contributed by atoms with Crippen molar-refractivity contribution in [1.29, 1.82) is 0 Å². The molecule has 1 aliphatic carbocycles.